The molecule has 0 radical (unpaired) electrons. The second-order valence-electron chi connectivity index (χ2n) is 5.81. The zero-order valence-electron chi connectivity index (χ0n) is 13.2. The van der Waals surface area contributed by atoms with Crippen LogP contribution in [0.25, 0.3) is 0 Å². The minimum Gasteiger partial charge on any atom is -0.334 e. The van der Waals surface area contributed by atoms with Gasteiger partial charge in [0.2, 0.25) is 5.91 Å². The summed E-state index contributed by atoms with van der Waals surface area (Å²) < 4.78 is 1.56. The van der Waals surface area contributed by atoms with Crippen LogP contribution >= 0.6 is 0 Å². The molecule has 3 rings (SSSR count). The van der Waals surface area contributed by atoms with E-state index in [9.17, 15) is 9.59 Å². The molecule has 1 saturated heterocycles. The van der Waals surface area contributed by atoms with Crippen molar-refractivity contribution >= 4 is 5.91 Å². The van der Waals surface area contributed by atoms with Crippen molar-refractivity contribution in [3.05, 3.63) is 58.5 Å². The number of hydrogen-bond acceptors (Lipinski definition) is 4. The summed E-state index contributed by atoms with van der Waals surface area (Å²) in [5.74, 6) is 0.0616. The number of carbonyl (C=O) groups excluding carboxylic acids is 1. The average Bonchev–Trinajstić information content (AvgIpc) is 3.03. The number of nitrogens with zero attached hydrogens (tertiary/aromatic N) is 4. The van der Waals surface area contributed by atoms with Gasteiger partial charge in [-0.3, -0.25) is 19.6 Å². The quantitative estimate of drug-likeness (QED) is 0.862. The van der Waals surface area contributed by atoms with Crippen LogP contribution in [0.15, 0.2) is 41.6 Å². The number of hydrogen-bond donors (Lipinski definition) is 0. The van der Waals surface area contributed by atoms with Gasteiger partial charge in [-0.1, -0.05) is 6.07 Å². The van der Waals surface area contributed by atoms with Crippen molar-refractivity contribution in [2.24, 2.45) is 0 Å². The smallest absolute Gasteiger partial charge is 0.250 e. The SMILES string of the molecule is Cc1cncc([C@H]2CCCN2C(=O)CCn2ccccc2=O)n1. The van der Waals surface area contributed by atoms with Gasteiger partial charge in [-0.2, -0.15) is 0 Å². The van der Waals surface area contributed by atoms with Crippen LogP contribution in [-0.4, -0.2) is 31.9 Å². The monoisotopic (exact) mass is 312 g/mol. The van der Waals surface area contributed by atoms with Crippen molar-refractivity contribution in [3.63, 3.8) is 0 Å². The van der Waals surface area contributed by atoms with Gasteiger partial charge in [0, 0.05) is 38.0 Å². The molecule has 1 atom stereocenters. The third-order valence-electron chi connectivity index (χ3n) is 4.15. The molecule has 3 heterocycles. The molecule has 0 unspecified atom stereocenters. The lowest BCUT2D eigenvalue weighted by Crippen LogP contribution is -2.32. The summed E-state index contributed by atoms with van der Waals surface area (Å²) >= 11 is 0. The number of pyridine rings is 1. The average molecular weight is 312 g/mol. The fourth-order valence-corrected chi connectivity index (χ4v) is 3.02. The van der Waals surface area contributed by atoms with Crippen molar-refractivity contribution in [1.29, 1.82) is 0 Å². The molecule has 0 saturated carbocycles. The summed E-state index contributed by atoms with van der Waals surface area (Å²) in [7, 11) is 0. The van der Waals surface area contributed by atoms with E-state index in [4.69, 9.17) is 0 Å². The Hall–Kier alpha value is -2.50. The van der Waals surface area contributed by atoms with Gasteiger partial charge in [0.1, 0.15) is 0 Å². The maximum atomic E-state index is 12.6. The molecule has 2 aromatic heterocycles. The normalized spacial score (nSPS) is 17.4. The van der Waals surface area contributed by atoms with Crippen LogP contribution in [0.3, 0.4) is 0 Å². The van der Waals surface area contributed by atoms with Crippen molar-refractivity contribution < 1.29 is 4.79 Å². The fourth-order valence-electron chi connectivity index (χ4n) is 3.02. The lowest BCUT2D eigenvalue weighted by Gasteiger charge is -2.24. The molecule has 6 heteroatoms. The standard InChI is InChI=1S/C17H20N4O2/c1-13-11-18-12-14(19-13)15-5-4-9-21(15)17(23)7-10-20-8-3-2-6-16(20)22/h2-3,6,8,11-12,15H,4-5,7,9-10H2,1H3/t15-/m1/s1. The van der Waals surface area contributed by atoms with Gasteiger partial charge < -0.3 is 9.47 Å². The first kappa shape index (κ1) is 15.4. The predicted molar refractivity (Wildman–Crippen MR) is 85.8 cm³/mol. The molecular formula is C17H20N4O2. The van der Waals surface area contributed by atoms with Crippen molar-refractivity contribution in [2.45, 2.75) is 38.8 Å². The molecule has 1 amide bonds. The van der Waals surface area contributed by atoms with Gasteiger partial charge in [-0.25, -0.2) is 0 Å². The van der Waals surface area contributed by atoms with E-state index >= 15 is 0 Å². The Kier molecular flexibility index (Phi) is 4.50. The summed E-state index contributed by atoms with van der Waals surface area (Å²) in [5.41, 5.74) is 1.63. The van der Waals surface area contributed by atoms with Gasteiger partial charge >= 0.3 is 0 Å². The largest absolute Gasteiger partial charge is 0.334 e. The first-order valence-electron chi connectivity index (χ1n) is 7.88. The lowest BCUT2D eigenvalue weighted by atomic mass is 10.1. The van der Waals surface area contributed by atoms with Crippen molar-refractivity contribution in [2.75, 3.05) is 6.54 Å². The molecule has 120 valence electrons. The van der Waals surface area contributed by atoms with Crippen molar-refractivity contribution in [1.82, 2.24) is 19.4 Å². The van der Waals surface area contributed by atoms with E-state index in [-0.39, 0.29) is 17.5 Å². The molecule has 1 fully saturated rings. The predicted octanol–water partition coefficient (Wildman–Crippen LogP) is 1.70. The third-order valence-corrected chi connectivity index (χ3v) is 4.15. The maximum absolute atomic E-state index is 12.6. The third kappa shape index (κ3) is 3.47. The highest BCUT2D eigenvalue weighted by Crippen LogP contribution is 2.31. The number of rotatable bonds is 4. The molecule has 0 bridgehead atoms. The first-order chi connectivity index (χ1) is 11.1. The Morgan fingerprint density at radius 1 is 1.35 bits per heavy atom. The van der Waals surface area contributed by atoms with Gasteiger partial charge in [0.15, 0.2) is 0 Å². The zero-order valence-corrected chi connectivity index (χ0v) is 13.2. The second kappa shape index (κ2) is 6.73. The van der Waals surface area contributed by atoms with Crippen LogP contribution in [0.4, 0.5) is 0 Å². The summed E-state index contributed by atoms with van der Waals surface area (Å²) in [5, 5.41) is 0. The molecule has 2 aromatic rings. The fraction of sp³-hybridized carbons (Fsp3) is 0.412. The van der Waals surface area contributed by atoms with Crippen LogP contribution in [0.2, 0.25) is 0 Å². The number of aromatic nitrogens is 3. The Morgan fingerprint density at radius 2 is 2.22 bits per heavy atom. The Bertz CT molecular complexity index is 756. The van der Waals surface area contributed by atoms with Gasteiger partial charge in [-0.15, -0.1) is 0 Å². The Labute approximate surface area is 134 Å². The Morgan fingerprint density at radius 3 is 3.00 bits per heavy atom. The molecule has 1 aliphatic heterocycles. The van der Waals surface area contributed by atoms with E-state index in [0.29, 0.717) is 13.0 Å². The summed E-state index contributed by atoms with van der Waals surface area (Å²) in [6.45, 7) is 3.05. The topological polar surface area (TPSA) is 68.1 Å². The lowest BCUT2D eigenvalue weighted by molar-refractivity contribution is -0.132. The highest BCUT2D eigenvalue weighted by molar-refractivity contribution is 5.76. The Balaban J connectivity index is 1.69. The van der Waals surface area contributed by atoms with Crippen LogP contribution < -0.4 is 5.56 Å². The molecule has 1 aliphatic rings. The maximum Gasteiger partial charge on any atom is 0.250 e. The molecule has 0 aliphatic carbocycles. The molecule has 23 heavy (non-hydrogen) atoms. The van der Waals surface area contributed by atoms with E-state index in [0.717, 1.165) is 30.8 Å². The molecule has 0 spiro atoms. The van der Waals surface area contributed by atoms with Gasteiger partial charge in [-0.05, 0) is 25.8 Å². The van der Waals surface area contributed by atoms with Crippen LogP contribution in [0.1, 0.15) is 36.7 Å². The van der Waals surface area contributed by atoms with E-state index in [1.165, 1.54) is 6.07 Å². The number of aryl methyl sites for hydroxylation is 2. The number of likely N-dealkylation sites (tertiary alicyclic amines) is 1. The number of amides is 1. The van der Waals surface area contributed by atoms with Crippen molar-refractivity contribution in [3.8, 4) is 0 Å². The van der Waals surface area contributed by atoms with Crippen LogP contribution in [0.5, 0.6) is 0 Å². The molecule has 6 nitrogen and oxygen atoms in total. The van der Waals surface area contributed by atoms with Gasteiger partial charge in [0.05, 0.1) is 23.6 Å². The zero-order chi connectivity index (χ0) is 16.2. The van der Waals surface area contributed by atoms with Crippen LogP contribution in [0, 0.1) is 6.92 Å². The van der Waals surface area contributed by atoms with E-state index in [1.54, 1.807) is 35.3 Å². The molecule has 0 aromatic carbocycles. The van der Waals surface area contributed by atoms with Crippen LogP contribution in [-0.2, 0) is 11.3 Å². The van der Waals surface area contributed by atoms with E-state index < -0.39 is 0 Å². The van der Waals surface area contributed by atoms with Gasteiger partial charge in [0.25, 0.3) is 5.56 Å². The van der Waals surface area contributed by atoms with E-state index in [2.05, 4.69) is 9.97 Å². The molecular weight excluding hydrogens is 292 g/mol. The highest BCUT2D eigenvalue weighted by Gasteiger charge is 2.30. The minimum atomic E-state index is -0.0807. The summed E-state index contributed by atoms with van der Waals surface area (Å²) in [6.07, 6.45) is 7.37. The highest BCUT2D eigenvalue weighted by atomic mass is 16.2. The van der Waals surface area contributed by atoms with E-state index in [1.807, 2.05) is 11.8 Å². The first-order valence-corrected chi connectivity index (χ1v) is 7.88. The minimum absolute atomic E-state index is 0.00222. The second-order valence-corrected chi connectivity index (χ2v) is 5.81. The summed E-state index contributed by atoms with van der Waals surface area (Å²) in [6, 6.07) is 5.01. The summed E-state index contributed by atoms with van der Waals surface area (Å²) in [4.78, 5) is 34.8. The number of carbonyl (C=O) groups is 1. The molecule has 0 N–H and O–H groups in total.